The van der Waals surface area contributed by atoms with Crippen LogP contribution in [0.2, 0.25) is 0 Å². The predicted octanol–water partition coefficient (Wildman–Crippen LogP) is 1.70. The zero-order valence-corrected chi connectivity index (χ0v) is 14.5. The molecule has 0 N–H and O–H groups in total. The molecule has 0 spiro atoms. The molecule has 0 radical (unpaired) electrons. The highest BCUT2D eigenvalue weighted by Crippen LogP contribution is 2.36. The van der Waals surface area contributed by atoms with Crippen LogP contribution in [-0.2, 0) is 11.3 Å². The fourth-order valence-electron chi connectivity index (χ4n) is 3.36. The Hall–Kier alpha value is -2.44. The number of carbonyl (C=O) groups is 1. The van der Waals surface area contributed by atoms with Gasteiger partial charge >= 0.3 is 5.69 Å². The highest BCUT2D eigenvalue weighted by Gasteiger charge is 2.31. The highest BCUT2D eigenvalue weighted by atomic mass is 16.2. The molecule has 2 aromatic rings. The van der Waals surface area contributed by atoms with Gasteiger partial charge in [0.2, 0.25) is 5.91 Å². The third-order valence-electron chi connectivity index (χ3n) is 5.12. The van der Waals surface area contributed by atoms with Gasteiger partial charge in [-0.15, -0.1) is 5.10 Å². The number of likely N-dealkylation sites (tertiary alicyclic amines) is 1. The summed E-state index contributed by atoms with van der Waals surface area (Å²) in [5, 5.41) is 4.47. The van der Waals surface area contributed by atoms with Gasteiger partial charge in [-0.1, -0.05) is 6.92 Å². The van der Waals surface area contributed by atoms with E-state index in [4.69, 9.17) is 0 Å². The fourth-order valence-corrected chi connectivity index (χ4v) is 3.36. The normalized spacial score (nSPS) is 18.5. The van der Waals surface area contributed by atoms with Crippen molar-refractivity contribution in [2.75, 3.05) is 13.1 Å². The Morgan fingerprint density at radius 1 is 1.24 bits per heavy atom. The average Bonchev–Trinajstić information content (AvgIpc) is 3.41. The summed E-state index contributed by atoms with van der Waals surface area (Å²) in [4.78, 5) is 31.3. The summed E-state index contributed by atoms with van der Waals surface area (Å²) in [7, 11) is 0. The molecule has 1 aliphatic heterocycles. The van der Waals surface area contributed by atoms with E-state index in [2.05, 4.69) is 17.0 Å². The van der Waals surface area contributed by atoms with Gasteiger partial charge in [0.05, 0.1) is 0 Å². The van der Waals surface area contributed by atoms with Crippen LogP contribution >= 0.6 is 0 Å². The lowest BCUT2D eigenvalue weighted by Gasteiger charge is -2.30. The molecule has 7 nitrogen and oxygen atoms in total. The molecule has 2 fully saturated rings. The second-order valence-electron chi connectivity index (χ2n) is 7.17. The van der Waals surface area contributed by atoms with Crippen LogP contribution in [0.3, 0.4) is 0 Å². The summed E-state index contributed by atoms with van der Waals surface area (Å²) in [6, 6.07) is 3.92. The number of hydrogen-bond donors (Lipinski definition) is 0. The Morgan fingerprint density at radius 2 is 2.00 bits per heavy atom. The van der Waals surface area contributed by atoms with E-state index in [1.54, 1.807) is 17.0 Å². The van der Waals surface area contributed by atoms with Gasteiger partial charge in [0.1, 0.15) is 6.54 Å². The maximum atomic E-state index is 12.8. The molecule has 2 aliphatic rings. The minimum absolute atomic E-state index is 0.0141. The van der Waals surface area contributed by atoms with E-state index in [-0.39, 0.29) is 24.2 Å². The number of rotatable bonds is 4. The van der Waals surface area contributed by atoms with Crippen LogP contribution in [0.1, 0.15) is 38.6 Å². The first-order chi connectivity index (χ1) is 12.1. The smallest absolute Gasteiger partial charge is 0.341 e. The van der Waals surface area contributed by atoms with E-state index in [1.807, 2.05) is 17.0 Å². The van der Waals surface area contributed by atoms with Crippen molar-refractivity contribution in [3.8, 4) is 11.4 Å². The minimum Gasteiger partial charge on any atom is -0.341 e. The Labute approximate surface area is 146 Å². The summed E-state index contributed by atoms with van der Waals surface area (Å²) in [5.74, 6) is 1.26. The monoisotopic (exact) mass is 341 g/mol. The van der Waals surface area contributed by atoms with Crippen molar-refractivity contribution in [1.29, 1.82) is 0 Å². The average molecular weight is 341 g/mol. The number of pyridine rings is 1. The van der Waals surface area contributed by atoms with Crippen LogP contribution in [0.15, 0.2) is 29.3 Å². The summed E-state index contributed by atoms with van der Waals surface area (Å²) >= 11 is 0. The molecule has 1 aliphatic carbocycles. The molecule has 2 aromatic heterocycles. The van der Waals surface area contributed by atoms with Gasteiger partial charge in [0.25, 0.3) is 0 Å². The number of piperidine rings is 1. The van der Waals surface area contributed by atoms with Gasteiger partial charge in [0, 0.05) is 37.1 Å². The maximum absolute atomic E-state index is 12.8. The van der Waals surface area contributed by atoms with Crippen molar-refractivity contribution in [1.82, 2.24) is 24.2 Å². The number of amides is 1. The summed E-state index contributed by atoms with van der Waals surface area (Å²) in [5.41, 5.74) is 0.615. The number of aromatic nitrogens is 4. The van der Waals surface area contributed by atoms with Crippen molar-refractivity contribution < 1.29 is 4.79 Å². The molecule has 1 saturated heterocycles. The van der Waals surface area contributed by atoms with Crippen LogP contribution in [0.4, 0.5) is 0 Å². The van der Waals surface area contributed by atoms with E-state index in [0.717, 1.165) is 44.3 Å². The van der Waals surface area contributed by atoms with Crippen molar-refractivity contribution in [3.05, 3.63) is 35.0 Å². The molecular weight excluding hydrogens is 318 g/mol. The SMILES string of the molecule is CC1CCN(C(=O)Cn2nc(-c3cccnc3)n(C3CC3)c2=O)CC1. The van der Waals surface area contributed by atoms with Crippen LogP contribution in [-0.4, -0.2) is 43.2 Å². The Bertz CT molecular complexity index is 814. The number of hydrogen-bond acceptors (Lipinski definition) is 4. The number of nitrogens with zero attached hydrogens (tertiary/aromatic N) is 5. The molecular formula is C18H23N5O2. The molecule has 1 amide bonds. The zero-order chi connectivity index (χ0) is 17.4. The molecule has 1 saturated carbocycles. The van der Waals surface area contributed by atoms with E-state index in [9.17, 15) is 9.59 Å². The minimum atomic E-state index is -0.194. The second kappa shape index (κ2) is 6.46. The van der Waals surface area contributed by atoms with Crippen molar-refractivity contribution in [2.24, 2.45) is 5.92 Å². The van der Waals surface area contributed by atoms with Gasteiger partial charge in [0.15, 0.2) is 5.82 Å². The van der Waals surface area contributed by atoms with Gasteiger partial charge in [-0.05, 0) is 43.7 Å². The lowest BCUT2D eigenvalue weighted by Crippen LogP contribution is -2.41. The van der Waals surface area contributed by atoms with E-state index in [0.29, 0.717) is 11.7 Å². The van der Waals surface area contributed by atoms with Gasteiger partial charge < -0.3 is 4.90 Å². The van der Waals surface area contributed by atoms with Crippen LogP contribution in [0, 0.1) is 5.92 Å². The first kappa shape index (κ1) is 16.1. The molecule has 7 heteroatoms. The third kappa shape index (κ3) is 3.23. The van der Waals surface area contributed by atoms with Crippen molar-refractivity contribution >= 4 is 5.91 Å². The Balaban J connectivity index is 1.60. The molecule has 25 heavy (non-hydrogen) atoms. The topological polar surface area (TPSA) is 73.0 Å². The maximum Gasteiger partial charge on any atom is 0.346 e. The predicted molar refractivity (Wildman–Crippen MR) is 93.0 cm³/mol. The molecule has 0 bridgehead atoms. The summed E-state index contributed by atoms with van der Waals surface area (Å²) < 4.78 is 3.05. The van der Waals surface area contributed by atoms with Crippen molar-refractivity contribution in [3.63, 3.8) is 0 Å². The quantitative estimate of drug-likeness (QED) is 0.848. The highest BCUT2D eigenvalue weighted by molar-refractivity contribution is 5.76. The van der Waals surface area contributed by atoms with E-state index >= 15 is 0 Å². The van der Waals surface area contributed by atoms with Crippen molar-refractivity contribution in [2.45, 2.75) is 45.2 Å². The van der Waals surface area contributed by atoms with Crippen LogP contribution in [0.25, 0.3) is 11.4 Å². The Kier molecular flexibility index (Phi) is 4.15. The Morgan fingerprint density at radius 3 is 2.64 bits per heavy atom. The van der Waals surface area contributed by atoms with E-state index in [1.165, 1.54) is 4.68 Å². The third-order valence-corrected chi connectivity index (χ3v) is 5.12. The molecule has 3 heterocycles. The molecule has 0 atom stereocenters. The second-order valence-corrected chi connectivity index (χ2v) is 7.17. The van der Waals surface area contributed by atoms with Gasteiger partial charge in [-0.3, -0.25) is 14.3 Å². The largest absolute Gasteiger partial charge is 0.346 e. The molecule has 0 aromatic carbocycles. The first-order valence-electron chi connectivity index (χ1n) is 9.01. The lowest BCUT2D eigenvalue weighted by molar-refractivity contribution is -0.133. The molecule has 132 valence electrons. The first-order valence-corrected chi connectivity index (χ1v) is 9.01. The van der Waals surface area contributed by atoms with Crippen LogP contribution in [0.5, 0.6) is 0 Å². The summed E-state index contributed by atoms with van der Waals surface area (Å²) in [6.07, 6.45) is 7.42. The van der Waals surface area contributed by atoms with Crippen LogP contribution < -0.4 is 5.69 Å². The van der Waals surface area contributed by atoms with Gasteiger partial charge in [-0.2, -0.15) is 0 Å². The zero-order valence-electron chi connectivity index (χ0n) is 14.5. The molecule has 0 unspecified atom stereocenters. The van der Waals surface area contributed by atoms with Gasteiger partial charge in [-0.25, -0.2) is 9.48 Å². The number of carbonyl (C=O) groups excluding carboxylic acids is 1. The molecule has 4 rings (SSSR count). The summed E-state index contributed by atoms with van der Waals surface area (Å²) in [6.45, 7) is 3.77. The lowest BCUT2D eigenvalue weighted by atomic mass is 9.99. The fraction of sp³-hybridized carbons (Fsp3) is 0.556. The van der Waals surface area contributed by atoms with E-state index < -0.39 is 0 Å². The standard InChI is InChI=1S/C18H23N5O2/c1-13-6-9-21(10-7-13)16(24)12-22-18(25)23(15-4-5-15)17(20-22)14-3-2-8-19-11-14/h2-3,8,11,13,15H,4-7,9-10,12H2,1H3.